The van der Waals surface area contributed by atoms with Crippen LogP contribution in [0.4, 0.5) is 10.1 Å². The van der Waals surface area contributed by atoms with Crippen molar-refractivity contribution >= 4 is 51.9 Å². The zero-order valence-corrected chi connectivity index (χ0v) is 16.4. The minimum atomic E-state index is -0.788. The molecule has 1 saturated heterocycles. The quantitative estimate of drug-likeness (QED) is 0.612. The number of thiocarbonyl (C=S) groups is 1. The van der Waals surface area contributed by atoms with Gasteiger partial charge in [-0.2, -0.15) is 0 Å². The Bertz CT molecular complexity index is 959. The fraction of sp³-hybridized carbons (Fsp3) is 0.150. The zero-order valence-electron chi connectivity index (χ0n) is 14.7. The summed E-state index contributed by atoms with van der Waals surface area (Å²) < 4.78 is 14.1. The first-order chi connectivity index (χ1) is 12.9. The molecule has 0 radical (unpaired) electrons. The van der Waals surface area contributed by atoms with E-state index in [-0.39, 0.29) is 10.2 Å². The molecule has 4 nitrogen and oxygen atoms in total. The predicted molar refractivity (Wildman–Crippen MR) is 111 cm³/mol. The van der Waals surface area contributed by atoms with Gasteiger partial charge in [0.05, 0.1) is 4.91 Å². The highest BCUT2D eigenvalue weighted by Gasteiger charge is 2.38. The topological polar surface area (TPSA) is 49.4 Å². The van der Waals surface area contributed by atoms with E-state index >= 15 is 0 Å². The SMILES string of the molecule is Cc1ccccc1NC(=O)C(C)N1C(=O)/C(=C/c2ccccc2F)SC1=S. The highest BCUT2D eigenvalue weighted by molar-refractivity contribution is 8.26. The van der Waals surface area contributed by atoms with Crippen LogP contribution in [0.5, 0.6) is 0 Å². The normalized spacial score (nSPS) is 16.7. The summed E-state index contributed by atoms with van der Waals surface area (Å²) in [4.78, 5) is 26.9. The number of benzene rings is 2. The number of carbonyl (C=O) groups is 2. The van der Waals surface area contributed by atoms with Gasteiger partial charge in [-0.25, -0.2) is 4.39 Å². The van der Waals surface area contributed by atoms with E-state index in [1.54, 1.807) is 31.2 Å². The van der Waals surface area contributed by atoms with Gasteiger partial charge in [0.1, 0.15) is 16.2 Å². The summed E-state index contributed by atoms with van der Waals surface area (Å²) in [6, 6.07) is 12.8. The lowest BCUT2D eigenvalue weighted by Gasteiger charge is -2.22. The molecular weight excluding hydrogens is 383 g/mol. The van der Waals surface area contributed by atoms with E-state index in [0.29, 0.717) is 16.2 Å². The molecule has 1 unspecified atom stereocenters. The number of hydrogen-bond acceptors (Lipinski definition) is 4. The molecule has 1 atom stereocenters. The lowest BCUT2D eigenvalue weighted by molar-refractivity contribution is -0.129. The monoisotopic (exact) mass is 400 g/mol. The minimum Gasteiger partial charge on any atom is -0.324 e. The Hall–Kier alpha value is -2.51. The van der Waals surface area contributed by atoms with Crippen LogP contribution in [0.2, 0.25) is 0 Å². The number of halogens is 1. The average Bonchev–Trinajstić information content (AvgIpc) is 2.91. The van der Waals surface area contributed by atoms with E-state index in [1.165, 1.54) is 17.0 Å². The van der Waals surface area contributed by atoms with Gasteiger partial charge in [0, 0.05) is 11.3 Å². The molecule has 1 aliphatic heterocycles. The van der Waals surface area contributed by atoms with Crippen molar-refractivity contribution in [2.45, 2.75) is 19.9 Å². The third-order valence-corrected chi connectivity index (χ3v) is 5.52. The lowest BCUT2D eigenvalue weighted by atomic mass is 10.1. The summed E-state index contributed by atoms with van der Waals surface area (Å²) in [6.45, 7) is 3.50. The van der Waals surface area contributed by atoms with Crippen molar-refractivity contribution in [3.63, 3.8) is 0 Å². The molecule has 7 heteroatoms. The second-order valence-electron chi connectivity index (χ2n) is 6.05. The van der Waals surface area contributed by atoms with Gasteiger partial charge in [0.25, 0.3) is 5.91 Å². The van der Waals surface area contributed by atoms with Gasteiger partial charge >= 0.3 is 0 Å². The summed E-state index contributed by atoms with van der Waals surface area (Å²) in [7, 11) is 0. The van der Waals surface area contributed by atoms with E-state index in [0.717, 1.165) is 17.3 Å². The number of para-hydroxylation sites is 1. The molecule has 2 amide bonds. The Morgan fingerprint density at radius 1 is 1.22 bits per heavy atom. The molecule has 138 valence electrons. The van der Waals surface area contributed by atoms with Crippen LogP contribution in [0.15, 0.2) is 53.4 Å². The maximum Gasteiger partial charge on any atom is 0.266 e. The van der Waals surface area contributed by atoms with Gasteiger partial charge in [-0.05, 0) is 37.6 Å². The molecule has 1 N–H and O–H groups in total. The number of amides is 2. The van der Waals surface area contributed by atoms with Gasteiger partial charge in [-0.15, -0.1) is 0 Å². The van der Waals surface area contributed by atoms with Crippen molar-refractivity contribution in [2.24, 2.45) is 0 Å². The van der Waals surface area contributed by atoms with Crippen molar-refractivity contribution in [2.75, 3.05) is 5.32 Å². The fourth-order valence-electron chi connectivity index (χ4n) is 2.61. The fourth-order valence-corrected chi connectivity index (χ4v) is 4.02. The summed E-state index contributed by atoms with van der Waals surface area (Å²) in [6.07, 6.45) is 1.46. The minimum absolute atomic E-state index is 0.273. The summed E-state index contributed by atoms with van der Waals surface area (Å²) in [5.74, 6) is -1.17. The van der Waals surface area contributed by atoms with Crippen LogP contribution in [0.25, 0.3) is 6.08 Å². The molecule has 2 aromatic carbocycles. The molecule has 0 aromatic heterocycles. The largest absolute Gasteiger partial charge is 0.324 e. The number of nitrogens with zero attached hydrogens (tertiary/aromatic N) is 1. The van der Waals surface area contributed by atoms with Gasteiger partial charge in [-0.1, -0.05) is 60.4 Å². The number of thioether (sulfide) groups is 1. The van der Waals surface area contributed by atoms with Crippen LogP contribution in [0.3, 0.4) is 0 Å². The molecule has 27 heavy (non-hydrogen) atoms. The number of anilines is 1. The van der Waals surface area contributed by atoms with Crippen LogP contribution in [-0.2, 0) is 9.59 Å². The summed E-state index contributed by atoms with van der Waals surface area (Å²) in [5, 5.41) is 2.82. The standard InChI is InChI=1S/C20H17FN2O2S2/c1-12-7-3-6-10-16(12)22-18(24)13(2)23-19(25)17(27-20(23)26)11-14-8-4-5-9-15(14)21/h3-11,13H,1-2H3,(H,22,24)/b17-11-. The molecule has 0 spiro atoms. The Morgan fingerprint density at radius 2 is 1.89 bits per heavy atom. The van der Waals surface area contributed by atoms with Crippen LogP contribution in [-0.4, -0.2) is 27.1 Å². The van der Waals surface area contributed by atoms with Crippen molar-refractivity contribution in [3.8, 4) is 0 Å². The van der Waals surface area contributed by atoms with Gasteiger partial charge in [0.15, 0.2) is 0 Å². The van der Waals surface area contributed by atoms with Gasteiger partial charge in [-0.3, -0.25) is 14.5 Å². The Balaban J connectivity index is 1.79. The molecule has 1 aliphatic rings. The van der Waals surface area contributed by atoms with Gasteiger partial charge in [0.2, 0.25) is 5.91 Å². The molecule has 0 saturated carbocycles. The number of carbonyl (C=O) groups excluding carboxylic acids is 2. The van der Waals surface area contributed by atoms with E-state index in [2.05, 4.69) is 5.32 Å². The molecule has 2 aromatic rings. The van der Waals surface area contributed by atoms with E-state index in [1.807, 2.05) is 25.1 Å². The maximum atomic E-state index is 13.9. The third kappa shape index (κ3) is 4.09. The third-order valence-electron chi connectivity index (χ3n) is 4.19. The van der Waals surface area contributed by atoms with Crippen LogP contribution < -0.4 is 5.32 Å². The molecule has 1 heterocycles. The van der Waals surface area contributed by atoms with E-state index in [4.69, 9.17) is 12.2 Å². The maximum absolute atomic E-state index is 13.9. The molecular formula is C20H17FN2O2S2. The Labute approximate surface area is 166 Å². The van der Waals surface area contributed by atoms with Crippen molar-refractivity contribution in [1.82, 2.24) is 4.90 Å². The molecule has 0 aliphatic carbocycles. The molecule has 0 bridgehead atoms. The smallest absolute Gasteiger partial charge is 0.266 e. The number of rotatable bonds is 4. The van der Waals surface area contributed by atoms with Crippen LogP contribution in [0.1, 0.15) is 18.1 Å². The zero-order chi connectivity index (χ0) is 19.6. The first-order valence-corrected chi connectivity index (χ1v) is 9.49. The van der Waals surface area contributed by atoms with Crippen LogP contribution in [0, 0.1) is 12.7 Å². The first kappa shape index (κ1) is 19.3. The van der Waals surface area contributed by atoms with E-state index in [9.17, 15) is 14.0 Å². The summed E-state index contributed by atoms with van der Waals surface area (Å²) in [5.41, 5.74) is 1.90. The average molecular weight is 401 g/mol. The number of nitrogens with one attached hydrogen (secondary N) is 1. The molecule has 3 rings (SSSR count). The highest BCUT2D eigenvalue weighted by Crippen LogP contribution is 2.34. The Morgan fingerprint density at radius 3 is 2.59 bits per heavy atom. The lowest BCUT2D eigenvalue weighted by Crippen LogP contribution is -2.44. The Kier molecular flexibility index (Phi) is 5.72. The number of hydrogen-bond donors (Lipinski definition) is 1. The second kappa shape index (κ2) is 8.02. The van der Waals surface area contributed by atoms with Crippen LogP contribution >= 0.6 is 24.0 Å². The van der Waals surface area contributed by atoms with E-state index < -0.39 is 17.8 Å². The first-order valence-electron chi connectivity index (χ1n) is 8.26. The van der Waals surface area contributed by atoms with Crippen molar-refractivity contribution in [3.05, 3.63) is 70.4 Å². The summed E-state index contributed by atoms with van der Waals surface area (Å²) >= 11 is 6.35. The second-order valence-corrected chi connectivity index (χ2v) is 7.73. The number of aryl methyl sites for hydroxylation is 1. The predicted octanol–water partition coefficient (Wildman–Crippen LogP) is 4.36. The van der Waals surface area contributed by atoms with Crippen molar-refractivity contribution in [1.29, 1.82) is 0 Å². The van der Waals surface area contributed by atoms with Gasteiger partial charge < -0.3 is 5.32 Å². The molecule has 1 fully saturated rings. The highest BCUT2D eigenvalue weighted by atomic mass is 32.2. The van der Waals surface area contributed by atoms with Crippen molar-refractivity contribution < 1.29 is 14.0 Å².